The minimum absolute atomic E-state index is 0.0309. The van der Waals surface area contributed by atoms with Gasteiger partial charge in [-0.3, -0.25) is 4.79 Å². The molecule has 2 aromatic carbocycles. The lowest BCUT2D eigenvalue weighted by Crippen LogP contribution is -2.39. The third-order valence-electron chi connectivity index (χ3n) is 5.06. The van der Waals surface area contributed by atoms with Crippen LogP contribution in [0.2, 0.25) is 0 Å². The van der Waals surface area contributed by atoms with E-state index < -0.39 is 27.7 Å². The van der Waals surface area contributed by atoms with E-state index in [0.29, 0.717) is 18.7 Å². The van der Waals surface area contributed by atoms with Crippen LogP contribution in [-0.4, -0.2) is 31.7 Å². The molecule has 9 heteroatoms. The fourth-order valence-corrected chi connectivity index (χ4v) is 5.10. The van der Waals surface area contributed by atoms with Gasteiger partial charge in [0.2, 0.25) is 10.0 Å². The minimum Gasteiger partial charge on any atom is -0.348 e. The van der Waals surface area contributed by atoms with Crippen LogP contribution >= 0.6 is 0 Å². The van der Waals surface area contributed by atoms with Crippen molar-refractivity contribution in [3.63, 3.8) is 0 Å². The summed E-state index contributed by atoms with van der Waals surface area (Å²) in [5.74, 6) is -0.288. The highest BCUT2D eigenvalue weighted by Gasteiger charge is 2.31. The van der Waals surface area contributed by atoms with Gasteiger partial charge in [0.05, 0.1) is 10.5 Å². The van der Waals surface area contributed by atoms with Crippen LogP contribution in [-0.2, 0) is 22.7 Å². The van der Waals surface area contributed by atoms with Gasteiger partial charge in [0.25, 0.3) is 5.91 Å². The Labute approximate surface area is 173 Å². The van der Waals surface area contributed by atoms with Crippen LogP contribution in [0.4, 0.5) is 13.2 Å². The standard InChI is InChI=1S/C21H23F3N2O3S/c1-15-5-4-10-26(14-15)30(28,29)19-9-3-7-17(12-19)20(27)25-13-16-6-2-8-18(11-16)21(22,23)24/h2-3,6-9,11-12,15H,4-5,10,13-14H2,1H3,(H,25,27)/t15-/m1/s1. The predicted octanol–water partition coefficient (Wildman–Crippen LogP) is 4.06. The molecule has 0 aliphatic carbocycles. The van der Waals surface area contributed by atoms with Crippen LogP contribution in [0.25, 0.3) is 0 Å². The fourth-order valence-electron chi connectivity index (χ4n) is 3.45. The van der Waals surface area contributed by atoms with E-state index in [0.717, 1.165) is 25.0 Å². The average molecular weight is 440 g/mol. The lowest BCUT2D eigenvalue weighted by Gasteiger charge is -2.30. The van der Waals surface area contributed by atoms with Gasteiger partial charge in [-0.05, 0) is 54.7 Å². The molecule has 1 N–H and O–H groups in total. The molecule has 1 saturated heterocycles. The first-order valence-electron chi connectivity index (χ1n) is 9.62. The lowest BCUT2D eigenvalue weighted by molar-refractivity contribution is -0.137. The number of alkyl halides is 3. The molecule has 0 bridgehead atoms. The molecule has 5 nitrogen and oxygen atoms in total. The molecular weight excluding hydrogens is 417 g/mol. The number of nitrogens with one attached hydrogen (secondary N) is 1. The number of rotatable bonds is 5. The SMILES string of the molecule is C[C@@H]1CCCN(S(=O)(=O)c2cccc(C(=O)NCc3cccc(C(F)(F)F)c3)c2)C1. The lowest BCUT2D eigenvalue weighted by atomic mass is 10.0. The molecular formula is C21H23F3N2O3S. The Morgan fingerprint density at radius 2 is 1.90 bits per heavy atom. The fraction of sp³-hybridized carbons (Fsp3) is 0.381. The van der Waals surface area contributed by atoms with E-state index in [4.69, 9.17) is 0 Å². The van der Waals surface area contributed by atoms with Crippen LogP contribution in [0.1, 0.15) is 41.3 Å². The Bertz CT molecular complexity index is 1020. The van der Waals surface area contributed by atoms with Crippen molar-refractivity contribution in [1.82, 2.24) is 9.62 Å². The van der Waals surface area contributed by atoms with Gasteiger partial charge in [-0.2, -0.15) is 17.5 Å². The van der Waals surface area contributed by atoms with Crippen molar-refractivity contribution in [3.05, 3.63) is 65.2 Å². The molecule has 1 amide bonds. The second kappa shape index (κ2) is 8.77. The molecule has 0 saturated carbocycles. The number of hydrogen-bond donors (Lipinski definition) is 1. The number of piperidine rings is 1. The van der Waals surface area contributed by atoms with Crippen molar-refractivity contribution < 1.29 is 26.4 Å². The van der Waals surface area contributed by atoms with Crippen molar-refractivity contribution in [2.75, 3.05) is 13.1 Å². The summed E-state index contributed by atoms with van der Waals surface area (Å²) in [7, 11) is -3.71. The number of nitrogens with zero attached hydrogens (tertiary/aromatic N) is 1. The zero-order valence-electron chi connectivity index (χ0n) is 16.4. The second-order valence-electron chi connectivity index (χ2n) is 7.52. The summed E-state index contributed by atoms with van der Waals surface area (Å²) in [6, 6.07) is 10.4. The van der Waals surface area contributed by atoms with E-state index in [-0.39, 0.29) is 22.9 Å². The Hall–Kier alpha value is -2.39. The van der Waals surface area contributed by atoms with Crippen LogP contribution < -0.4 is 5.32 Å². The molecule has 0 spiro atoms. The molecule has 3 rings (SSSR count). The van der Waals surface area contributed by atoms with Gasteiger partial charge in [-0.15, -0.1) is 0 Å². The third-order valence-corrected chi connectivity index (χ3v) is 6.92. The third kappa shape index (κ3) is 5.20. The largest absolute Gasteiger partial charge is 0.416 e. The zero-order valence-corrected chi connectivity index (χ0v) is 17.3. The first kappa shape index (κ1) is 22.3. The van der Waals surface area contributed by atoms with Gasteiger partial charge in [0.1, 0.15) is 0 Å². The van der Waals surface area contributed by atoms with Gasteiger partial charge >= 0.3 is 6.18 Å². The van der Waals surface area contributed by atoms with Gasteiger partial charge in [0.15, 0.2) is 0 Å². The highest BCUT2D eigenvalue weighted by molar-refractivity contribution is 7.89. The van der Waals surface area contributed by atoms with Crippen molar-refractivity contribution in [3.8, 4) is 0 Å². The predicted molar refractivity (Wildman–Crippen MR) is 106 cm³/mol. The molecule has 162 valence electrons. The highest BCUT2D eigenvalue weighted by atomic mass is 32.2. The Balaban J connectivity index is 1.72. The molecule has 0 radical (unpaired) electrons. The number of sulfonamides is 1. The zero-order chi connectivity index (χ0) is 21.9. The van der Waals surface area contributed by atoms with E-state index in [1.165, 1.54) is 40.7 Å². The minimum atomic E-state index is -4.46. The molecule has 0 unspecified atom stereocenters. The Morgan fingerprint density at radius 3 is 2.60 bits per heavy atom. The van der Waals surface area contributed by atoms with E-state index in [2.05, 4.69) is 5.32 Å². The molecule has 1 atom stereocenters. The summed E-state index contributed by atoms with van der Waals surface area (Å²) in [5, 5.41) is 2.54. The topological polar surface area (TPSA) is 66.5 Å². The first-order valence-corrected chi connectivity index (χ1v) is 11.1. The summed E-state index contributed by atoms with van der Waals surface area (Å²) in [4.78, 5) is 12.5. The van der Waals surface area contributed by atoms with E-state index in [9.17, 15) is 26.4 Å². The number of hydrogen-bond acceptors (Lipinski definition) is 3. The van der Waals surface area contributed by atoms with E-state index in [1.54, 1.807) is 0 Å². The smallest absolute Gasteiger partial charge is 0.348 e. The van der Waals surface area contributed by atoms with E-state index >= 15 is 0 Å². The molecule has 2 aromatic rings. The summed E-state index contributed by atoms with van der Waals surface area (Å²) in [5.41, 5.74) is -0.365. The van der Waals surface area contributed by atoms with Gasteiger partial charge in [-0.1, -0.05) is 25.1 Å². The maximum atomic E-state index is 12.9. The highest BCUT2D eigenvalue weighted by Crippen LogP contribution is 2.29. The molecule has 1 heterocycles. The Morgan fingerprint density at radius 1 is 1.17 bits per heavy atom. The van der Waals surface area contributed by atoms with Crippen molar-refractivity contribution >= 4 is 15.9 Å². The first-order chi connectivity index (χ1) is 14.1. The van der Waals surface area contributed by atoms with E-state index in [1.807, 2.05) is 6.92 Å². The number of carbonyl (C=O) groups is 1. The number of amides is 1. The molecule has 30 heavy (non-hydrogen) atoms. The Kier molecular flexibility index (Phi) is 6.52. The van der Waals surface area contributed by atoms with Crippen LogP contribution in [0.15, 0.2) is 53.4 Å². The summed E-state index contributed by atoms with van der Waals surface area (Å²) in [6.45, 7) is 2.77. The quantitative estimate of drug-likeness (QED) is 0.763. The van der Waals surface area contributed by atoms with Gasteiger partial charge in [-0.25, -0.2) is 8.42 Å². The maximum Gasteiger partial charge on any atom is 0.416 e. The summed E-state index contributed by atoms with van der Waals surface area (Å²) in [6.07, 6.45) is -2.70. The van der Waals surface area contributed by atoms with Gasteiger partial charge in [0, 0.05) is 25.2 Å². The molecule has 1 aliphatic rings. The van der Waals surface area contributed by atoms with Gasteiger partial charge < -0.3 is 5.32 Å². The molecule has 0 aromatic heterocycles. The van der Waals surface area contributed by atoms with Crippen LogP contribution in [0.3, 0.4) is 0 Å². The van der Waals surface area contributed by atoms with Crippen LogP contribution in [0, 0.1) is 5.92 Å². The monoisotopic (exact) mass is 440 g/mol. The number of benzene rings is 2. The van der Waals surface area contributed by atoms with Crippen molar-refractivity contribution in [1.29, 1.82) is 0 Å². The summed E-state index contributed by atoms with van der Waals surface area (Å²) < 4.78 is 65.7. The maximum absolute atomic E-state index is 12.9. The molecule has 1 aliphatic heterocycles. The van der Waals surface area contributed by atoms with Crippen LogP contribution in [0.5, 0.6) is 0 Å². The average Bonchev–Trinajstić information content (AvgIpc) is 2.71. The molecule has 1 fully saturated rings. The van der Waals surface area contributed by atoms with Crippen molar-refractivity contribution in [2.45, 2.75) is 37.4 Å². The summed E-state index contributed by atoms with van der Waals surface area (Å²) >= 11 is 0. The number of halogens is 3. The van der Waals surface area contributed by atoms with Crippen molar-refractivity contribution in [2.24, 2.45) is 5.92 Å². The number of carbonyl (C=O) groups excluding carboxylic acids is 1. The normalized spacial score (nSPS) is 18.2. The second-order valence-corrected chi connectivity index (χ2v) is 9.46.